The van der Waals surface area contributed by atoms with Crippen molar-refractivity contribution in [3.05, 3.63) is 59.7 Å². The van der Waals surface area contributed by atoms with Gasteiger partial charge in [-0.05, 0) is 42.0 Å². The number of ether oxygens (including phenoxy) is 2. The van der Waals surface area contributed by atoms with Crippen molar-refractivity contribution in [1.82, 2.24) is 5.32 Å². The number of hydrogen-bond donors (Lipinski definition) is 1. The van der Waals surface area contributed by atoms with Gasteiger partial charge in [-0.2, -0.15) is 0 Å². The minimum Gasteiger partial charge on any atom is -0.497 e. The number of hydrogen-bond acceptors (Lipinski definition) is 3. The largest absolute Gasteiger partial charge is 0.497 e. The summed E-state index contributed by atoms with van der Waals surface area (Å²) in [6, 6.07) is 15.0. The predicted molar refractivity (Wildman–Crippen MR) is 91.3 cm³/mol. The van der Waals surface area contributed by atoms with Crippen LogP contribution in [-0.4, -0.2) is 26.7 Å². The van der Waals surface area contributed by atoms with Crippen LogP contribution in [0.2, 0.25) is 0 Å². The van der Waals surface area contributed by atoms with Crippen molar-refractivity contribution < 1.29 is 14.3 Å². The minimum atomic E-state index is -0.172. The minimum absolute atomic E-state index is 0.0887. The molecule has 2 aromatic rings. The molecule has 0 aromatic heterocycles. The zero-order valence-corrected chi connectivity index (χ0v) is 14.1. The molecule has 0 aliphatic carbocycles. The first kappa shape index (κ1) is 16.9. The number of carbonyl (C=O) groups excluding carboxylic acids is 1. The second-order valence-corrected chi connectivity index (χ2v) is 6.02. The van der Waals surface area contributed by atoms with Crippen LogP contribution in [0.25, 0.3) is 0 Å². The Morgan fingerprint density at radius 2 is 1.39 bits per heavy atom. The summed E-state index contributed by atoms with van der Waals surface area (Å²) < 4.78 is 10.3. The number of benzene rings is 2. The molecule has 2 rings (SSSR count). The zero-order valence-electron chi connectivity index (χ0n) is 14.1. The molecule has 0 bridgehead atoms. The Labute approximate surface area is 137 Å². The van der Waals surface area contributed by atoms with Gasteiger partial charge in [0.05, 0.1) is 14.2 Å². The lowest BCUT2D eigenvalue weighted by Gasteiger charge is -2.26. The summed E-state index contributed by atoms with van der Waals surface area (Å²) in [6.07, 6.45) is 0. The van der Waals surface area contributed by atoms with E-state index in [0.717, 1.165) is 17.1 Å². The first-order valence-corrected chi connectivity index (χ1v) is 7.53. The number of nitrogens with one attached hydrogen (secondary N) is 1. The van der Waals surface area contributed by atoms with E-state index in [-0.39, 0.29) is 11.3 Å². The highest BCUT2D eigenvalue weighted by Gasteiger charge is 2.21. The van der Waals surface area contributed by atoms with E-state index in [1.165, 1.54) is 0 Å². The van der Waals surface area contributed by atoms with Gasteiger partial charge in [-0.3, -0.25) is 4.79 Å². The molecule has 0 saturated heterocycles. The summed E-state index contributed by atoms with van der Waals surface area (Å²) in [5.74, 6) is 1.47. The van der Waals surface area contributed by atoms with Crippen molar-refractivity contribution in [2.45, 2.75) is 19.3 Å². The molecule has 0 spiro atoms. The third-order valence-electron chi connectivity index (χ3n) is 3.91. The summed E-state index contributed by atoms with van der Waals surface area (Å²) in [5, 5.41) is 2.99. The molecule has 2 aromatic carbocycles. The molecule has 0 radical (unpaired) electrons. The molecule has 0 aliphatic rings. The van der Waals surface area contributed by atoms with Gasteiger partial charge in [0.25, 0.3) is 5.91 Å². The topological polar surface area (TPSA) is 47.6 Å². The lowest BCUT2D eigenvalue weighted by atomic mass is 9.84. The molecule has 23 heavy (non-hydrogen) atoms. The normalized spacial score (nSPS) is 11.0. The molecule has 1 N–H and O–H groups in total. The van der Waals surface area contributed by atoms with Gasteiger partial charge in [0, 0.05) is 17.5 Å². The Balaban J connectivity index is 2.00. The van der Waals surface area contributed by atoms with Gasteiger partial charge in [0.2, 0.25) is 0 Å². The smallest absolute Gasteiger partial charge is 0.251 e. The molecular weight excluding hydrogens is 290 g/mol. The van der Waals surface area contributed by atoms with Gasteiger partial charge in [0.15, 0.2) is 0 Å². The number of carbonyl (C=O) groups is 1. The van der Waals surface area contributed by atoms with Crippen molar-refractivity contribution in [3.8, 4) is 11.5 Å². The third-order valence-corrected chi connectivity index (χ3v) is 3.91. The van der Waals surface area contributed by atoms with E-state index in [4.69, 9.17) is 9.47 Å². The summed E-state index contributed by atoms with van der Waals surface area (Å²) in [6.45, 7) is 4.75. The lowest BCUT2D eigenvalue weighted by Crippen LogP contribution is -2.36. The van der Waals surface area contributed by atoms with E-state index in [1.54, 1.807) is 38.5 Å². The van der Waals surface area contributed by atoms with Crippen LogP contribution in [0.5, 0.6) is 11.5 Å². The maximum Gasteiger partial charge on any atom is 0.251 e. The van der Waals surface area contributed by atoms with Gasteiger partial charge in [-0.25, -0.2) is 0 Å². The highest BCUT2D eigenvalue weighted by Crippen LogP contribution is 2.24. The van der Waals surface area contributed by atoms with E-state index in [1.807, 2.05) is 24.3 Å². The first-order valence-electron chi connectivity index (χ1n) is 7.53. The van der Waals surface area contributed by atoms with Crippen molar-refractivity contribution in [3.63, 3.8) is 0 Å². The fourth-order valence-electron chi connectivity index (χ4n) is 2.29. The molecule has 4 heteroatoms. The molecule has 122 valence electrons. The van der Waals surface area contributed by atoms with Gasteiger partial charge < -0.3 is 14.8 Å². The summed E-state index contributed by atoms with van der Waals surface area (Å²) >= 11 is 0. The standard InChI is InChI=1S/C19H23NO3/c1-19(2,15-7-11-17(23-4)12-8-15)13-20-18(21)14-5-9-16(22-3)10-6-14/h5-12H,13H2,1-4H3,(H,20,21). The average Bonchev–Trinajstić information content (AvgIpc) is 2.60. The SMILES string of the molecule is COc1ccc(C(=O)NCC(C)(C)c2ccc(OC)cc2)cc1. The van der Waals surface area contributed by atoms with Crippen LogP contribution in [0.4, 0.5) is 0 Å². The van der Waals surface area contributed by atoms with Crippen LogP contribution >= 0.6 is 0 Å². The van der Waals surface area contributed by atoms with Crippen LogP contribution in [0.1, 0.15) is 29.8 Å². The molecule has 0 fully saturated rings. The molecular formula is C19H23NO3. The Hall–Kier alpha value is -2.49. The highest BCUT2D eigenvalue weighted by molar-refractivity contribution is 5.94. The Bertz CT molecular complexity index is 645. The molecule has 4 nitrogen and oxygen atoms in total. The molecule has 0 heterocycles. The van der Waals surface area contributed by atoms with Crippen LogP contribution in [0.15, 0.2) is 48.5 Å². The van der Waals surface area contributed by atoms with E-state index < -0.39 is 0 Å². The predicted octanol–water partition coefficient (Wildman–Crippen LogP) is 3.41. The second kappa shape index (κ2) is 7.18. The zero-order chi connectivity index (χ0) is 16.9. The maximum absolute atomic E-state index is 12.3. The van der Waals surface area contributed by atoms with E-state index in [9.17, 15) is 4.79 Å². The van der Waals surface area contributed by atoms with Crippen LogP contribution in [0.3, 0.4) is 0 Å². The van der Waals surface area contributed by atoms with Crippen molar-refractivity contribution >= 4 is 5.91 Å². The summed E-state index contributed by atoms with van der Waals surface area (Å²) in [5.41, 5.74) is 1.60. The molecule has 1 amide bonds. The Morgan fingerprint density at radius 3 is 1.87 bits per heavy atom. The van der Waals surface area contributed by atoms with E-state index in [0.29, 0.717) is 12.1 Å². The van der Waals surface area contributed by atoms with Crippen molar-refractivity contribution in [2.75, 3.05) is 20.8 Å². The van der Waals surface area contributed by atoms with Gasteiger partial charge >= 0.3 is 0 Å². The summed E-state index contributed by atoms with van der Waals surface area (Å²) in [7, 11) is 3.25. The van der Waals surface area contributed by atoms with Gasteiger partial charge in [-0.15, -0.1) is 0 Å². The monoisotopic (exact) mass is 313 g/mol. The second-order valence-electron chi connectivity index (χ2n) is 6.02. The van der Waals surface area contributed by atoms with Crippen LogP contribution in [0, 0.1) is 0 Å². The Kier molecular flexibility index (Phi) is 5.27. The number of methoxy groups -OCH3 is 2. The number of amides is 1. The van der Waals surface area contributed by atoms with Crippen molar-refractivity contribution in [1.29, 1.82) is 0 Å². The van der Waals surface area contributed by atoms with E-state index in [2.05, 4.69) is 19.2 Å². The maximum atomic E-state index is 12.3. The van der Waals surface area contributed by atoms with Gasteiger partial charge in [-0.1, -0.05) is 26.0 Å². The van der Waals surface area contributed by atoms with Crippen LogP contribution < -0.4 is 14.8 Å². The average molecular weight is 313 g/mol. The summed E-state index contributed by atoms with van der Waals surface area (Å²) in [4.78, 5) is 12.3. The van der Waals surface area contributed by atoms with Crippen molar-refractivity contribution in [2.24, 2.45) is 0 Å². The number of rotatable bonds is 6. The molecule has 0 atom stereocenters. The highest BCUT2D eigenvalue weighted by atomic mass is 16.5. The molecule has 0 aliphatic heterocycles. The lowest BCUT2D eigenvalue weighted by molar-refractivity contribution is 0.0945. The fourth-order valence-corrected chi connectivity index (χ4v) is 2.29. The van der Waals surface area contributed by atoms with Gasteiger partial charge in [0.1, 0.15) is 11.5 Å². The van der Waals surface area contributed by atoms with E-state index >= 15 is 0 Å². The quantitative estimate of drug-likeness (QED) is 0.889. The van der Waals surface area contributed by atoms with Crippen LogP contribution in [-0.2, 0) is 5.41 Å². The Morgan fingerprint density at radius 1 is 0.913 bits per heavy atom. The third kappa shape index (κ3) is 4.25. The first-order chi connectivity index (χ1) is 11.0. The fraction of sp³-hybridized carbons (Fsp3) is 0.316. The molecule has 0 saturated carbocycles. The molecule has 0 unspecified atom stereocenters.